The zero-order valence-corrected chi connectivity index (χ0v) is 12.7. The molecule has 1 rings (SSSR count). The molecular formula is C14H27F3N2O. The molecule has 1 fully saturated rings. The summed E-state index contributed by atoms with van der Waals surface area (Å²) in [6, 6.07) is 0.0629. The minimum atomic E-state index is -4.06. The maximum absolute atomic E-state index is 12.3. The SMILES string of the molecule is CCC(C)(C(CCCC(F)(F)F)NC)N1CCOCC1. The van der Waals surface area contributed by atoms with Crippen LogP contribution >= 0.6 is 0 Å². The molecule has 0 radical (unpaired) electrons. The minimum absolute atomic E-state index is 0.0629. The summed E-state index contributed by atoms with van der Waals surface area (Å²) in [5, 5.41) is 3.23. The monoisotopic (exact) mass is 296 g/mol. The molecule has 2 unspecified atom stereocenters. The third kappa shape index (κ3) is 4.90. The van der Waals surface area contributed by atoms with Crippen LogP contribution in [0.5, 0.6) is 0 Å². The highest BCUT2D eigenvalue weighted by Gasteiger charge is 2.38. The first-order valence-electron chi connectivity index (χ1n) is 7.40. The van der Waals surface area contributed by atoms with Crippen LogP contribution in [0.4, 0.5) is 13.2 Å². The van der Waals surface area contributed by atoms with Gasteiger partial charge < -0.3 is 10.1 Å². The summed E-state index contributed by atoms with van der Waals surface area (Å²) in [4.78, 5) is 2.35. The smallest absolute Gasteiger partial charge is 0.379 e. The molecule has 2 atom stereocenters. The Hall–Kier alpha value is -0.330. The van der Waals surface area contributed by atoms with E-state index in [2.05, 4.69) is 24.1 Å². The van der Waals surface area contributed by atoms with Gasteiger partial charge in [-0.1, -0.05) is 6.92 Å². The van der Waals surface area contributed by atoms with Crippen LogP contribution in [-0.2, 0) is 4.74 Å². The van der Waals surface area contributed by atoms with Gasteiger partial charge in [-0.05, 0) is 33.2 Å². The first kappa shape index (κ1) is 17.7. The highest BCUT2D eigenvalue weighted by atomic mass is 19.4. The summed E-state index contributed by atoms with van der Waals surface area (Å²) in [6.45, 7) is 7.35. The zero-order valence-electron chi connectivity index (χ0n) is 12.7. The fourth-order valence-corrected chi connectivity index (χ4v) is 3.04. The molecule has 120 valence electrons. The second kappa shape index (κ2) is 7.61. The molecule has 1 heterocycles. The van der Waals surface area contributed by atoms with Gasteiger partial charge in [-0.15, -0.1) is 0 Å². The molecule has 1 aliphatic heterocycles. The van der Waals surface area contributed by atoms with E-state index in [0.717, 1.165) is 19.5 Å². The number of rotatable bonds is 7. The van der Waals surface area contributed by atoms with E-state index in [1.54, 1.807) is 0 Å². The Bertz CT molecular complexity index is 280. The normalized spacial score (nSPS) is 22.5. The van der Waals surface area contributed by atoms with Gasteiger partial charge in [0.05, 0.1) is 13.2 Å². The Balaban J connectivity index is 2.62. The Morgan fingerprint density at radius 3 is 2.30 bits per heavy atom. The lowest BCUT2D eigenvalue weighted by Gasteiger charge is -2.48. The summed E-state index contributed by atoms with van der Waals surface area (Å²) in [5.41, 5.74) is -0.121. The Labute approximate surface area is 119 Å². The predicted octanol–water partition coefficient (Wildman–Crippen LogP) is 2.81. The van der Waals surface area contributed by atoms with E-state index >= 15 is 0 Å². The van der Waals surface area contributed by atoms with Crippen molar-refractivity contribution in [3.63, 3.8) is 0 Å². The Morgan fingerprint density at radius 1 is 1.25 bits per heavy atom. The van der Waals surface area contributed by atoms with Crippen LogP contribution in [0.1, 0.15) is 39.5 Å². The van der Waals surface area contributed by atoms with Gasteiger partial charge in [0.15, 0.2) is 0 Å². The molecule has 1 saturated heterocycles. The molecule has 1 N–H and O–H groups in total. The molecule has 1 aliphatic rings. The van der Waals surface area contributed by atoms with Gasteiger partial charge in [0.25, 0.3) is 0 Å². The van der Waals surface area contributed by atoms with Gasteiger partial charge in [0.2, 0.25) is 0 Å². The molecule has 0 bridgehead atoms. The van der Waals surface area contributed by atoms with Crippen LogP contribution in [0.2, 0.25) is 0 Å². The maximum atomic E-state index is 12.3. The molecule has 6 heteroatoms. The number of halogens is 3. The molecule has 0 aromatic carbocycles. The third-order valence-electron chi connectivity index (χ3n) is 4.50. The van der Waals surface area contributed by atoms with E-state index < -0.39 is 12.6 Å². The van der Waals surface area contributed by atoms with Crippen molar-refractivity contribution in [2.24, 2.45) is 0 Å². The van der Waals surface area contributed by atoms with E-state index in [4.69, 9.17) is 4.74 Å². The van der Waals surface area contributed by atoms with Gasteiger partial charge in [-0.2, -0.15) is 13.2 Å². The summed E-state index contributed by atoms with van der Waals surface area (Å²) < 4.78 is 42.3. The minimum Gasteiger partial charge on any atom is -0.379 e. The van der Waals surface area contributed by atoms with Crippen LogP contribution in [0.25, 0.3) is 0 Å². The fourth-order valence-electron chi connectivity index (χ4n) is 3.04. The van der Waals surface area contributed by atoms with E-state index in [0.29, 0.717) is 19.6 Å². The summed E-state index contributed by atoms with van der Waals surface area (Å²) in [5.74, 6) is 0. The molecule has 0 spiro atoms. The molecule has 0 aliphatic carbocycles. The van der Waals surface area contributed by atoms with Gasteiger partial charge in [-0.3, -0.25) is 4.90 Å². The number of hydrogen-bond donors (Lipinski definition) is 1. The van der Waals surface area contributed by atoms with E-state index in [9.17, 15) is 13.2 Å². The van der Waals surface area contributed by atoms with E-state index in [1.165, 1.54) is 0 Å². The number of alkyl halides is 3. The number of hydrogen-bond acceptors (Lipinski definition) is 3. The van der Waals surface area contributed by atoms with E-state index in [-0.39, 0.29) is 18.0 Å². The molecule has 0 aromatic rings. The van der Waals surface area contributed by atoms with Crippen molar-refractivity contribution in [2.75, 3.05) is 33.4 Å². The summed E-state index contributed by atoms with van der Waals surface area (Å²) in [7, 11) is 1.84. The van der Waals surface area contributed by atoms with Gasteiger partial charge in [0, 0.05) is 31.1 Å². The Morgan fingerprint density at radius 2 is 1.85 bits per heavy atom. The molecule has 0 saturated carbocycles. The summed E-state index contributed by atoms with van der Waals surface area (Å²) >= 11 is 0. The molecule has 0 amide bonds. The predicted molar refractivity (Wildman–Crippen MR) is 73.8 cm³/mol. The fraction of sp³-hybridized carbons (Fsp3) is 1.00. The second-order valence-corrected chi connectivity index (χ2v) is 5.66. The zero-order chi connectivity index (χ0) is 15.2. The number of ether oxygens (including phenoxy) is 1. The average Bonchev–Trinajstić information content (AvgIpc) is 2.42. The quantitative estimate of drug-likeness (QED) is 0.782. The first-order chi connectivity index (χ1) is 9.33. The van der Waals surface area contributed by atoms with Crippen molar-refractivity contribution in [2.45, 2.75) is 57.3 Å². The van der Waals surface area contributed by atoms with Gasteiger partial charge in [-0.25, -0.2) is 0 Å². The number of nitrogens with zero attached hydrogens (tertiary/aromatic N) is 1. The lowest BCUT2D eigenvalue weighted by molar-refractivity contribution is -0.136. The largest absolute Gasteiger partial charge is 0.389 e. The molecule has 3 nitrogen and oxygen atoms in total. The van der Waals surface area contributed by atoms with Crippen LogP contribution < -0.4 is 5.32 Å². The number of nitrogens with one attached hydrogen (secondary N) is 1. The highest BCUT2D eigenvalue weighted by molar-refractivity contribution is 4.96. The van der Waals surface area contributed by atoms with Gasteiger partial charge >= 0.3 is 6.18 Å². The van der Waals surface area contributed by atoms with Crippen LogP contribution in [0, 0.1) is 0 Å². The molecule has 20 heavy (non-hydrogen) atoms. The average molecular weight is 296 g/mol. The lowest BCUT2D eigenvalue weighted by atomic mass is 9.84. The maximum Gasteiger partial charge on any atom is 0.389 e. The lowest BCUT2D eigenvalue weighted by Crippen LogP contribution is -2.61. The summed E-state index contributed by atoms with van der Waals surface area (Å²) in [6.07, 6.45) is -3.13. The number of morpholine rings is 1. The van der Waals surface area contributed by atoms with Crippen molar-refractivity contribution < 1.29 is 17.9 Å². The van der Waals surface area contributed by atoms with E-state index in [1.807, 2.05) is 7.05 Å². The van der Waals surface area contributed by atoms with Crippen LogP contribution in [-0.4, -0.2) is 56.0 Å². The van der Waals surface area contributed by atoms with Crippen molar-refractivity contribution >= 4 is 0 Å². The topological polar surface area (TPSA) is 24.5 Å². The first-order valence-corrected chi connectivity index (χ1v) is 7.40. The number of likely N-dealkylation sites (N-methyl/N-ethyl adjacent to an activating group) is 1. The standard InChI is InChI=1S/C14H27F3N2O/c1-4-13(2,19-8-10-20-11-9-19)12(18-3)6-5-7-14(15,16)17/h12,18H,4-11H2,1-3H3. The van der Waals surface area contributed by atoms with Crippen LogP contribution in [0.15, 0.2) is 0 Å². The van der Waals surface area contributed by atoms with Crippen molar-refractivity contribution in [3.05, 3.63) is 0 Å². The van der Waals surface area contributed by atoms with Crippen LogP contribution in [0.3, 0.4) is 0 Å². The Kier molecular flexibility index (Phi) is 6.75. The molecular weight excluding hydrogens is 269 g/mol. The van der Waals surface area contributed by atoms with Crippen molar-refractivity contribution in [1.29, 1.82) is 0 Å². The van der Waals surface area contributed by atoms with Gasteiger partial charge in [0.1, 0.15) is 0 Å². The highest BCUT2D eigenvalue weighted by Crippen LogP contribution is 2.29. The third-order valence-corrected chi connectivity index (χ3v) is 4.50. The van der Waals surface area contributed by atoms with Crippen molar-refractivity contribution in [3.8, 4) is 0 Å². The second-order valence-electron chi connectivity index (χ2n) is 5.66. The molecule has 0 aromatic heterocycles. The van der Waals surface area contributed by atoms with Crippen molar-refractivity contribution in [1.82, 2.24) is 10.2 Å².